The van der Waals surface area contributed by atoms with E-state index >= 15 is 0 Å². The summed E-state index contributed by atoms with van der Waals surface area (Å²) in [5.74, 6) is 1.57. The van der Waals surface area contributed by atoms with Crippen molar-refractivity contribution in [3.8, 4) is 11.6 Å². The Morgan fingerprint density at radius 1 is 1.30 bits per heavy atom. The molecular formula is C20H26N4O2S. The molecule has 0 radical (unpaired) electrons. The van der Waals surface area contributed by atoms with E-state index in [4.69, 9.17) is 4.42 Å². The average Bonchev–Trinajstić information content (AvgIpc) is 3.22. The maximum Gasteiger partial charge on any atom is 0.261 e. The fourth-order valence-electron chi connectivity index (χ4n) is 3.36. The molecule has 7 heteroatoms. The molecule has 0 spiro atoms. The Hall–Kier alpha value is -2.25. The van der Waals surface area contributed by atoms with E-state index in [0.717, 1.165) is 21.5 Å². The molecule has 0 bridgehead atoms. The number of hydrogen-bond acceptors (Lipinski definition) is 6. The molecule has 0 fully saturated rings. The summed E-state index contributed by atoms with van der Waals surface area (Å²) in [6.45, 7) is 8.84. The van der Waals surface area contributed by atoms with Gasteiger partial charge < -0.3 is 14.6 Å². The molecule has 1 N–H and O–H groups in total. The standard InChI is InChI=1S/C20H26N4O2S/c1-11(2)14(24(5)6)10-21-19(25)17-12(3)16-13(4)22-18(23-20(16)27-17)15-8-7-9-26-15/h7-9,11,14H,10H2,1-6H3,(H,21,25)/t14-/m1/s1. The Bertz CT molecular complexity index is 937. The van der Waals surface area contributed by atoms with E-state index in [-0.39, 0.29) is 11.9 Å². The minimum absolute atomic E-state index is 0.0538. The van der Waals surface area contributed by atoms with Gasteiger partial charge in [-0.2, -0.15) is 0 Å². The van der Waals surface area contributed by atoms with Gasteiger partial charge >= 0.3 is 0 Å². The number of nitrogens with zero attached hydrogens (tertiary/aromatic N) is 3. The van der Waals surface area contributed by atoms with Gasteiger partial charge in [0.15, 0.2) is 11.6 Å². The van der Waals surface area contributed by atoms with Crippen molar-refractivity contribution in [1.29, 1.82) is 0 Å². The first kappa shape index (κ1) is 19.5. The van der Waals surface area contributed by atoms with E-state index in [0.29, 0.717) is 28.9 Å². The third-order valence-corrected chi connectivity index (χ3v) is 6.01. The predicted molar refractivity (Wildman–Crippen MR) is 109 cm³/mol. The Morgan fingerprint density at radius 3 is 2.63 bits per heavy atom. The molecule has 0 aliphatic carbocycles. The highest BCUT2D eigenvalue weighted by molar-refractivity contribution is 7.20. The van der Waals surface area contributed by atoms with Crippen molar-refractivity contribution in [2.24, 2.45) is 5.92 Å². The van der Waals surface area contributed by atoms with Crippen molar-refractivity contribution in [1.82, 2.24) is 20.2 Å². The second-order valence-corrected chi connectivity index (χ2v) is 8.33. The first-order chi connectivity index (χ1) is 12.8. The summed E-state index contributed by atoms with van der Waals surface area (Å²) in [7, 11) is 4.08. The van der Waals surface area contributed by atoms with Crippen molar-refractivity contribution in [3.05, 3.63) is 34.5 Å². The number of likely N-dealkylation sites (N-methyl/N-ethyl adjacent to an activating group) is 1. The molecular weight excluding hydrogens is 360 g/mol. The molecule has 6 nitrogen and oxygen atoms in total. The zero-order valence-electron chi connectivity index (χ0n) is 16.7. The molecule has 0 aliphatic heterocycles. The number of aromatic nitrogens is 2. The minimum atomic E-state index is -0.0538. The fourth-order valence-corrected chi connectivity index (χ4v) is 4.51. The van der Waals surface area contributed by atoms with Gasteiger partial charge in [0.2, 0.25) is 0 Å². The number of fused-ring (bicyclic) bond motifs is 1. The topological polar surface area (TPSA) is 71.3 Å². The van der Waals surface area contributed by atoms with Crippen LogP contribution < -0.4 is 5.32 Å². The normalized spacial score (nSPS) is 12.9. The third-order valence-electron chi connectivity index (χ3n) is 4.82. The maximum absolute atomic E-state index is 12.8. The lowest BCUT2D eigenvalue weighted by atomic mass is 10.0. The molecule has 144 valence electrons. The second-order valence-electron chi connectivity index (χ2n) is 7.33. The van der Waals surface area contributed by atoms with Gasteiger partial charge in [0, 0.05) is 18.0 Å². The minimum Gasteiger partial charge on any atom is -0.461 e. The van der Waals surface area contributed by atoms with E-state index in [1.54, 1.807) is 6.26 Å². The largest absolute Gasteiger partial charge is 0.461 e. The summed E-state index contributed by atoms with van der Waals surface area (Å²) >= 11 is 1.41. The smallest absolute Gasteiger partial charge is 0.261 e. The second kappa shape index (κ2) is 7.78. The number of nitrogens with one attached hydrogen (secondary N) is 1. The molecule has 3 aromatic rings. The Morgan fingerprint density at radius 2 is 2.04 bits per heavy atom. The van der Waals surface area contributed by atoms with Crippen LogP contribution in [0, 0.1) is 19.8 Å². The zero-order chi connectivity index (χ0) is 19.7. The number of rotatable bonds is 6. The van der Waals surface area contributed by atoms with E-state index in [9.17, 15) is 4.79 Å². The van der Waals surface area contributed by atoms with Gasteiger partial charge in [-0.3, -0.25) is 4.79 Å². The number of furan rings is 1. The van der Waals surface area contributed by atoms with E-state index in [2.05, 4.69) is 34.0 Å². The first-order valence-corrected chi connectivity index (χ1v) is 9.87. The highest BCUT2D eigenvalue weighted by Crippen LogP contribution is 2.33. The number of carbonyl (C=O) groups is 1. The van der Waals surface area contributed by atoms with Crippen LogP contribution in [0.4, 0.5) is 0 Å². The van der Waals surface area contributed by atoms with Crippen LogP contribution in [-0.2, 0) is 0 Å². The lowest BCUT2D eigenvalue weighted by Crippen LogP contribution is -2.43. The van der Waals surface area contributed by atoms with Crippen molar-refractivity contribution in [2.45, 2.75) is 33.7 Å². The first-order valence-electron chi connectivity index (χ1n) is 9.05. The zero-order valence-corrected chi connectivity index (χ0v) is 17.5. The van der Waals surface area contributed by atoms with Crippen LogP contribution in [0.25, 0.3) is 21.8 Å². The van der Waals surface area contributed by atoms with Crippen molar-refractivity contribution in [3.63, 3.8) is 0 Å². The molecule has 3 heterocycles. The molecule has 0 aliphatic rings. The van der Waals surface area contributed by atoms with Gasteiger partial charge in [0.1, 0.15) is 4.83 Å². The molecule has 0 saturated heterocycles. The molecule has 1 amide bonds. The summed E-state index contributed by atoms with van der Waals surface area (Å²) in [5.41, 5.74) is 1.79. The monoisotopic (exact) mass is 386 g/mol. The summed E-state index contributed by atoms with van der Waals surface area (Å²) < 4.78 is 5.41. The highest BCUT2D eigenvalue weighted by atomic mass is 32.1. The molecule has 0 saturated carbocycles. The van der Waals surface area contributed by atoms with Gasteiger partial charge in [-0.15, -0.1) is 11.3 Å². The Kier molecular flexibility index (Phi) is 5.62. The SMILES string of the molecule is Cc1nc(-c2ccco2)nc2sc(C(=O)NC[C@H](C(C)C)N(C)C)c(C)c12. The molecule has 3 rings (SSSR count). The Balaban J connectivity index is 1.90. The van der Waals surface area contributed by atoms with Gasteiger partial charge in [-0.25, -0.2) is 9.97 Å². The molecule has 1 atom stereocenters. The van der Waals surface area contributed by atoms with Crippen LogP contribution in [0.1, 0.15) is 34.8 Å². The molecule has 0 aromatic carbocycles. The van der Waals surface area contributed by atoms with E-state index in [1.165, 1.54) is 11.3 Å². The number of thiophene rings is 1. The van der Waals surface area contributed by atoms with Gasteiger partial charge in [0.05, 0.1) is 16.8 Å². The number of amides is 1. The molecule has 3 aromatic heterocycles. The third kappa shape index (κ3) is 3.89. The summed E-state index contributed by atoms with van der Waals surface area (Å²) in [6, 6.07) is 3.94. The quantitative estimate of drug-likeness (QED) is 0.696. The molecule has 27 heavy (non-hydrogen) atoms. The molecule has 0 unspecified atom stereocenters. The van der Waals surface area contributed by atoms with Crippen LogP contribution >= 0.6 is 11.3 Å². The highest BCUT2D eigenvalue weighted by Gasteiger charge is 2.22. The van der Waals surface area contributed by atoms with Crippen LogP contribution in [-0.4, -0.2) is 47.5 Å². The predicted octanol–water partition coefficient (Wildman–Crippen LogP) is 3.88. The fraction of sp³-hybridized carbons (Fsp3) is 0.450. The van der Waals surface area contributed by atoms with E-state index in [1.807, 2.05) is 40.1 Å². The van der Waals surface area contributed by atoms with Crippen LogP contribution in [0.15, 0.2) is 22.8 Å². The van der Waals surface area contributed by atoms with Crippen LogP contribution in [0.2, 0.25) is 0 Å². The summed E-state index contributed by atoms with van der Waals surface area (Å²) in [5, 5.41) is 4.04. The van der Waals surface area contributed by atoms with Crippen molar-refractivity contribution >= 4 is 27.5 Å². The average molecular weight is 387 g/mol. The number of aryl methyl sites for hydroxylation is 2. The van der Waals surface area contributed by atoms with Crippen molar-refractivity contribution < 1.29 is 9.21 Å². The van der Waals surface area contributed by atoms with E-state index < -0.39 is 0 Å². The maximum atomic E-state index is 12.8. The number of carbonyl (C=O) groups excluding carboxylic acids is 1. The van der Waals surface area contributed by atoms with Crippen LogP contribution in [0.5, 0.6) is 0 Å². The van der Waals surface area contributed by atoms with Gasteiger partial charge in [0.25, 0.3) is 5.91 Å². The lowest BCUT2D eigenvalue weighted by Gasteiger charge is -2.28. The summed E-state index contributed by atoms with van der Waals surface area (Å²) in [4.78, 5) is 25.7. The summed E-state index contributed by atoms with van der Waals surface area (Å²) in [6.07, 6.45) is 1.60. The van der Waals surface area contributed by atoms with Crippen molar-refractivity contribution in [2.75, 3.05) is 20.6 Å². The van der Waals surface area contributed by atoms with Crippen LogP contribution in [0.3, 0.4) is 0 Å². The lowest BCUT2D eigenvalue weighted by molar-refractivity contribution is 0.0938. The Labute approximate surface area is 163 Å². The number of hydrogen-bond donors (Lipinski definition) is 1. The van der Waals surface area contributed by atoms with Gasteiger partial charge in [-0.05, 0) is 51.6 Å². The van der Waals surface area contributed by atoms with Gasteiger partial charge in [-0.1, -0.05) is 13.8 Å².